The molecular formula is C17H12Cl2N4OS. The first-order chi connectivity index (χ1) is 12.1. The summed E-state index contributed by atoms with van der Waals surface area (Å²) in [6.45, 7) is 0. The molecule has 0 atom stereocenters. The molecule has 0 aliphatic carbocycles. The predicted molar refractivity (Wildman–Crippen MR) is 105 cm³/mol. The predicted octanol–water partition coefficient (Wildman–Crippen LogP) is 5.38. The molecule has 3 rings (SSSR count). The molecule has 0 aliphatic heterocycles. The summed E-state index contributed by atoms with van der Waals surface area (Å²) < 4.78 is 5.53. The lowest BCUT2D eigenvalue weighted by molar-refractivity contribution is 0.442. The fraction of sp³-hybridized carbons (Fsp3) is 0. The van der Waals surface area contributed by atoms with Crippen molar-refractivity contribution in [2.75, 3.05) is 10.6 Å². The number of hydrogen-bond donors (Lipinski definition) is 2. The fourth-order valence-corrected chi connectivity index (χ4v) is 2.59. The second-order valence-corrected chi connectivity index (χ2v) is 6.05. The zero-order chi connectivity index (χ0) is 17.6. The van der Waals surface area contributed by atoms with Gasteiger partial charge in [0.05, 0.1) is 0 Å². The summed E-state index contributed by atoms with van der Waals surface area (Å²) in [6, 6.07) is 18.3. The Morgan fingerprint density at radius 2 is 1.40 bits per heavy atom. The number of aromatic nitrogens is 2. The van der Waals surface area contributed by atoms with E-state index >= 15 is 0 Å². The minimum atomic E-state index is 0.0828. The van der Waals surface area contributed by atoms with Gasteiger partial charge in [-0.3, -0.25) is 0 Å². The van der Waals surface area contributed by atoms with Crippen LogP contribution in [0.3, 0.4) is 0 Å². The summed E-state index contributed by atoms with van der Waals surface area (Å²) in [5.74, 6) is 0.547. The summed E-state index contributed by atoms with van der Waals surface area (Å²) in [4.78, 5) is 7.90. The van der Waals surface area contributed by atoms with E-state index < -0.39 is 0 Å². The molecule has 1 aromatic heterocycles. The number of para-hydroxylation sites is 1. The van der Waals surface area contributed by atoms with Gasteiger partial charge in [-0.2, -0.15) is 9.97 Å². The quantitative estimate of drug-likeness (QED) is 0.460. The zero-order valence-electron chi connectivity index (χ0n) is 12.7. The van der Waals surface area contributed by atoms with Gasteiger partial charge in [0, 0.05) is 17.4 Å². The number of halogens is 2. The lowest BCUT2D eigenvalue weighted by atomic mass is 10.3. The van der Waals surface area contributed by atoms with Crippen molar-refractivity contribution in [3.8, 4) is 11.8 Å². The van der Waals surface area contributed by atoms with Crippen LogP contribution in [0.15, 0.2) is 60.7 Å². The third-order valence-corrected chi connectivity index (χ3v) is 3.59. The maximum atomic E-state index is 5.82. The average Bonchev–Trinajstić information content (AvgIpc) is 2.56. The highest BCUT2D eigenvalue weighted by atomic mass is 35.5. The highest BCUT2D eigenvalue weighted by Gasteiger charge is 2.05. The van der Waals surface area contributed by atoms with Gasteiger partial charge in [0.2, 0.25) is 0 Å². The number of hydrogen-bond acceptors (Lipinski definition) is 4. The van der Waals surface area contributed by atoms with Gasteiger partial charge < -0.3 is 15.4 Å². The van der Waals surface area contributed by atoms with Crippen LogP contribution in [0.2, 0.25) is 10.3 Å². The lowest BCUT2D eigenvalue weighted by Crippen LogP contribution is -2.18. The largest absolute Gasteiger partial charge is 0.424 e. The number of thiocarbonyl (C=S) groups is 1. The first-order valence-corrected chi connectivity index (χ1v) is 8.36. The molecule has 0 amide bonds. The molecule has 0 radical (unpaired) electrons. The molecule has 8 heteroatoms. The van der Waals surface area contributed by atoms with Gasteiger partial charge in [-0.05, 0) is 48.6 Å². The van der Waals surface area contributed by atoms with Crippen molar-refractivity contribution in [3.05, 3.63) is 71.0 Å². The van der Waals surface area contributed by atoms with Gasteiger partial charge in [-0.1, -0.05) is 41.4 Å². The number of rotatable bonds is 4. The Bertz CT molecular complexity index is 855. The second-order valence-electron chi connectivity index (χ2n) is 4.87. The first kappa shape index (κ1) is 17.4. The minimum absolute atomic E-state index is 0.0828. The second kappa shape index (κ2) is 8.11. The summed E-state index contributed by atoms with van der Waals surface area (Å²) >= 11 is 16.9. The molecule has 0 unspecified atom stereocenters. The standard InChI is InChI=1S/C17H12Cl2N4OS/c18-14-10-15(19)23-16(22-14)24-13-8-6-12(7-9-13)21-17(25)20-11-4-2-1-3-5-11/h1-10H,(H2,20,21,25). The van der Waals surface area contributed by atoms with E-state index in [1.54, 1.807) is 12.1 Å². The van der Waals surface area contributed by atoms with Crippen molar-refractivity contribution in [3.63, 3.8) is 0 Å². The van der Waals surface area contributed by atoms with Crippen LogP contribution < -0.4 is 15.4 Å². The van der Waals surface area contributed by atoms with Gasteiger partial charge in [0.25, 0.3) is 0 Å². The summed E-state index contributed by atoms with van der Waals surface area (Å²) in [7, 11) is 0. The van der Waals surface area contributed by atoms with Crippen molar-refractivity contribution in [1.29, 1.82) is 0 Å². The van der Waals surface area contributed by atoms with E-state index in [1.165, 1.54) is 6.07 Å². The van der Waals surface area contributed by atoms with E-state index in [0.29, 0.717) is 10.9 Å². The summed E-state index contributed by atoms with van der Waals surface area (Å²) in [6.07, 6.45) is 0. The number of benzene rings is 2. The Morgan fingerprint density at radius 1 is 0.840 bits per heavy atom. The summed E-state index contributed by atoms with van der Waals surface area (Å²) in [5.41, 5.74) is 1.72. The SMILES string of the molecule is S=C(Nc1ccccc1)Nc1ccc(Oc2nc(Cl)cc(Cl)n2)cc1. The van der Waals surface area contributed by atoms with Crippen molar-refractivity contribution in [2.45, 2.75) is 0 Å². The van der Waals surface area contributed by atoms with E-state index in [-0.39, 0.29) is 16.3 Å². The molecule has 2 N–H and O–H groups in total. The Hall–Kier alpha value is -2.41. The van der Waals surface area contributed by atoms with Gasteiger partial charge >= 0.3 is 6.01 Å². The molecule has 0 fully saturated rings. The highest BCUT2D eigenvalue weighted by Crippen LogP contribution is 2.23. The van der Waals surface area contributed by atoms with E-state index in [2.05, 4.69) is 20.6 Å². The molecule has 5 nitrogen and oxygen atoms in total. The number of nitrogens with zero attached hydrogens (tertiary/aromatic N) is 2. The highest BCUT2D eigenvalue weighted by molar-refractivity contribution is 7.80. The number of ether oxygens (including phenoxy) is 1. The summed E-state index contributed by atoms with van der Waals surface area (Å²) in [5, 5.41) is 7.11. The van der Waals surface area contributed by atoms with E-state index in [1.807, 2.05) is 42.5 Å². The smallest absolute Gasteiger partial charge is 0.324 e. The van der Waals surface area contributed by atoms with Gasteiger partial charge in [-0.25, -0.2) is 0 Å². The fourth-order valence-electron chi connectivity index (χ4n) is 1.94. The monoisotopic (exact) mass is 390 g/mol. The van der Waals surface area contributed by atoms with E-state index in [4.69, 9.17) is 40.2 Å². The third-order valence-electron chi connectivity index (χ3n) is 3.00. The zero-order valence-corrected chi connectivity index (χ0v) is 15.1. The van der Waals surface area contributed by atoms with Crippen LogP contribution in [0.1, 0.15) is 0 Å². The van der Waals surface area contributed by atoms with Crippen molar-refractivity contribution in [1.82, 2.24) is 9.97 Å². The molecule has 0 spiro atoms. The molecular weight excluding hydrogens is 379 g/mol. The Morgan fingerprint density at radius 3 is 2.00 bits per heavy atom. The third kappa shape index (κ3) is 5.29. The van der Waals surface area contributed by atoms with Crippen molar-refractivity contribution >= 4 is 51.9 Å². The van der Waals surface area contributed by atoms with Crippen LogP contribution in [-0.2, 0) is 0 Å². The Kier molecular flexibility index (Phi) is 5.65. The minimum Gasteiger partial charge on any atom is -0.424 e. The van der Waals surface area contributed by atoms with Crippen molar-refractivity contribution < 1.29 is 4.74 Å². The normalized spacial score (nSPS) is 10.2. The van der Waals surface area contributed by atoms with Crippen LogP contribution in [-0.4, -0.2) is 15.1 Å². The lowest BCUT2D eigenvalue weighted by Gasteiger charge is -2.11. The molecule has 0 saturated heterocycles. The van der Waals surface area contributed by atoms with E-state index in [9.17, 15) is 0 Å². The van der Waals surface area contributed by atoms with Crippen LogP contribution in [0, 0.1) is 0 Å². The molecule has 0 bridgehead atoms. The van der Waals surface area contributed by atoms with Crippen LogP contribution in [0.5, 0.6) is 11.8 Å². The van der Waals surface area contributed by atoms with Crippen LogP contribution >= 0.6 is 35.4 Å². The molecule has 2 aromatic carbocycles. The maximum Gasteiger partial charge on any atom is 0.324 e. The Labute approximate surface area is 160 Å². The topological polar surface area (TPSA) is 59.1 Å². The van der Waals surface area contributed by atoms with Gasteiger partial charge in [0.1, 0.15) is 16.1 Å². The van der Waals surface area contributed by atoms with Gasteiger partial charge in [0.15, 0.2) is 5.11 Å². The molecule has 126 valence electrons. The maximum absolute atomic E-state index is 5.82. The number of anilines is 2. The van der Waals surface area contributed by atoms with Gasteiger partial charge in [-0.15, -0.1) is 0 Å². The van der Waals surface area contributed by atoms with E-state index in [0.717, 1.165) is 11.4 Å². The molecule has 0 saturated carbocycles. The molecule has 3 aromatic rings. The molecule has 25 heavy (non-hydrogen) atoms. The number of nitrogens with one attached hydrogen (secondary N) is 2. The van der Waals surface area contributed by atoms with Crippen molar-refractivity contribution in [2.24, 2.45) is 0 Å². The Balaban J connectivity index is 1.61. The van der Waals surface area contributed by atoms with Crippen LogP contribution in [0.25, 0.3) is 0 Å². The average molecular weight is 391 g/mol. The molecule has 0 aliphatic rings. The van der Waals surface area contributed by atoms with Crippen LogP contribution in [0.4, 0.5) is 11.4 Å². The molecule has 1 heterocycles. The first-order valence-electron chi connectivity index (χ1n) is 7.19.